The molecule has 7 heteroatoms. The number of nitrogens with zero attached hydrogens (tertiary/aromatic N) is 2. The Morgan fingerprint density at radius 1 is 1.14 bits per heavy atom. The molecule has 4 rings (SSSR count). The molecule has 29 heavy (non-hydrogen) atoms. The van der Waals surface area contributed by atoms with Crippen molar-refractivity contribution in [3.05, 3.63) is 59.4 Å². The van der Waals surface area contributed by atoms with E-state index in [0.29, 0.717) is 16.6 Å². The largest absolute Gasteiger partial charge is 0.465 e. The van der Waals surface area contributed by atoms with Crippen molar-refractivity contribution in [2.45, 2.75) is 49.8 Å². The Hall–Kier alpha value is -2.67. The standard InChI is InChI=1S/C22H24N2O4S/c1-15-8-10-18(11-9-15)29(26,27)24-14-20(16-6-4-3-5-7-16)19-12-17(22(25)28-2)13-23-21(19)24/h8-14,16H,3-7H2,1-2H3. The van der Waals surface area contributed by atoms with Crippen molar-refractivity contribution in [3.8, 4) is 0 Å². The molecule has 0 atom stereocenters. The monoisotopic (exact) mass is 412 g/mol. The maximum atomic E-state index is 13.4. The van der Waals surface area contributed by atoms with Gasteiger partial charge in [-0.15, -0.1) is 0 Å². The number of pyridine rings is 1. The molecule has 1 aromatic carbocycles. The second kappa shape index (κ2) is 7.63. The molecule has 0 aliphatic heterocycles. The van der Waals surface area contributed by atoms with E-state index in [0.717, 1.165) is 36.8 Å². The number of carbonyl (C=O) groups excluding carboxylic acids is 1. The molecule has 0 N–H and O–H groups in total. The Morgan fingerprint density at radius 3 is 2.48 bits per heavy atom. The topological polar surface area (TPSA) is 78.3 Å². The number of methoxy groups -OCH3 is 1. The van der Waals surface area contributed by atoms with Gasteiger partial charge in [-0.2, -0.15) is 0 Å². The third-order valence-corrected chi connectivity index (χ3v) is 7.35. The predicted octanol–water partition coefficient (Wildman–Crippen LogP) is 4.42. The van der Waals surface area contributed by atoms with Gasteiger partial charge in [-0.1, -0.05) is 37.0 Å². The van der Waals surface area contributed by atoms with E-state index in [9.17, 15) is 13.2 Å². The zero-order valence-corrected chi connectivity index (χ0v) is 17.4. The number of hydrogen-bond donors (Lipinski definition) is 0. The van der Waals surface area contributed by atoms with Gasteiger partial charge in [0, 0.05) is 17.8 Å². The summed E-state index contributed by atoms with van der Waals surface area (Å²) in [5.41, 5.74) is 2.60. The van der Waals surface area contributed by atoms with Gasteiger partial charge in [-0.25, -0.2) is 22.2 Å². The summed E-state index contributed by atoms with van der Waals surface area (Å²) >= 11 is 0. The minimum absolute atomic E-state index is 0.217. The van der Waals surface area contributed by atoms with Crippen LogP contribution in [-0.2, 0) is 14.8 Å². The lowest BCUT2D eigenvalue weighted by molar-refractivity contribution is 0.0600. The average Bonchev–Trinajstić information content (AvgIpc) is 3.14. The van der Waals surface area contributed by atoms with Gasteiger partial charge in [-0.05, 0) is 49.4 Å². The van der Waals surface area contributed by atoms with Crippen LogP contribution in [0.2, 0.25) is 0 Å². The molecular weight excluding hydrogens is 388 g/mol. The molecule has 2 aromatic heterocycles. The average molecular weight is 413 g/mol. The molecule has 2 heterocycles. The summed E-state index contributed by atoms with van der Waals surface area (Å²) in [6.45, 7) is 1.92. The van der Waals surface area contributed by atoms with Gasteiger partial charge in [-0.3, -0.25) is 0 Å². The first-order valence-electron chi connectivity index (χ1n) is 9.83. The summed E-state index contributed by atoms with van der Waals surface area (Å²) in [5.74, 6) is -0.224. The van der Waals surface area contributed by atoms with E-state index in [2.05, 4.69) is 4.98 Å². The molecule has 1 fully saturated rings. The van der Waals surface area contributed by atoms with Crippen LogP contribution in [0.25, 0.3) is 11.0 Å². The highest BCUT2D eigenvalue weighted by atomic mass is 32.2. The summed E-state index contributed by atoms with van der Waals surface area (Å²) in [6.07, 6.45) is 8.52. The van der Waals surface area contributed by atoms with E-state index in [4.69, 9.17) is 4.74 Å². The molecule has 0 spiro atoms. The molecule has 1 aliphatic carbocycles. The maximum absolute atomic E-state index is 13.4. The lowest BCUT2D eigenvalue weighted by Crippen LogP contribution is -2.13. The van der Waals surface area contributed by atoms with Crippen molar-refractivity contribution < 1.29 is 17.9 Å². The molecule has 0 bridgehead atoms. The molecule has 0 saturated heterocycles. The van der Waals surface area contributed by atoms with Crippen LogP contribution in [-0.4, -0.2) is 30.5 Å². The highest BCUT2D eigenvalue weighted by molar-refractivity contribution is 7.90. The SMILES string of the molecule is COC(=O)c1cnc2c(c1)c(C1CCCCC1)cn2S(=O)(=O)c1ccc(C)cc1. The van der Waals surface area contributed by atoms with E-state index in [-0.39, 0.29) is 10.8 Å². The van der Waals surface area contributed by atoms with E-state index in [1.54, 1.807) is 36.5 Å². The first kappa shape index (κ1) is 19.6. The number of ether oxygens (including phenoxy) is 1. The molecule has 1 aliphatic rings. The van der Waals surface area contributed by atoms with Gasteiger partial charge < -0.3 is 4.74 Å². The number of esters is 1. The minimum atomic E-state index is -3.80. The predicted molar refractivity (Wildman–Crippen MR) is 111 cm³/mol. The van der Waals surface area contributed by atoms with Crippen LogP contribution in [0.15, 0.2) is 47.6 Å². The second-order valence-corrected chi connectivity index (χ2v) is 9.43. The van der Waals surface area contributed by atoms with Gasteiger partial charge in [0.15, 0.2) is 5.65 Å². The zero-order valence-electron chi connectivity index (χ0n) is 16.6. The highest BCUT2D eigenvalue weighted by Crippen LogP contribution is 2.38. The summed E-state index contributed by atoms with van der Waals surface area (Å²) in [6, 6.07) is 8.49. The third kappa shape index (κ3) is 3.55. The smallest absolute Gasteiger partial charge is 0.339 e. The number of hydrogen-bond acceptors (Lipinski definition) is 5. The Balaban J connectivity index is 1.92. The van der Waals surface area contributed by atoms with Crippen LogP contribution in [0, 0.1) is 6.92 Å². The van der Waals surface area contributed by atoms with Crippen LogP contribution in [0.4, 0.5) is 0 Å². The molecule has 0 radical (unpaired) electrons. The summed E-state index contributed by atoms with van der Waals surface area (Å²) < 4.78 is 32.8. The lowest BCUT2D eigenvalue weighted by Gasteiger charge is -2.21. The molecule has 6 nitrogen and oxygen atoms in total. The third-order valence-electron chi connectivity index (χ3n) is 5.69. The van der Waals surface area contributed by atoms with Gasteiger partial charge in [0.25, 0.3) is 10.0 Å². The zero-order chi connectivity index (χ0) is 20.6. The molecule has 0 unspecified atom stereocenters. The van der Waals surface area contributed by atoms with E-state index < -0.39 is 16.0 Å². The fourth-order valence-corrected chi connectivity index (χ4v) is 5.41. The Bertz CT molecular complexity index is 1160. The van der Waals surface area contributed by atoms with E-state index in [1.807, 2.05) is 6.92 Å². The van der Waals surface area contributed by atoms with Crippen LogP contribution in [0.3, 0.4) is 0 Å². The van der Waals surface area contributed by atoms with Crippen molar-refractivity contribution in [2.75, 3.05) is 7.11 Å². The molecular formula is C22H24N2O4S. The van der Waals surface area contributed by atoms with Crippen molar-refractivity contribution in [1.29, 1.82) is 0 Å². The lowest BCUT2D eigenvalue weighted by atomic mass is 9.84. The molecule has 3 aromatic rings. The van der Waals surface area contributed by atoms with Gasteiger partial charge in [0.2, 0.25) is 0 Å². The van der Waals surface area contributed by atoms with Crippen molar-refractivity contribution >= 4 is 27.0 Å². The maximum Gasteiger partial charge on any atom is 0.339 e. The summed E-state index contributed by atoms with van der Waals surface area (Å²) in [7, 11) is -2.48. The van der Waals surface area contributed by atoms with Crippen LogP contribution < -0.4 is 0 Å². The van der Waals surface area contributed by atoms with Crippen LogP contribution >= 0.6 is 0 Å². The van der Waals surface area contributed by atoms with Gasteiger partial charge >= 0.3 is 5.97 Å². The van der Waals surface area contributed by atoms with Gasteiger partial charge in [0.05, 0.1) is 17.6 Å². The highest BCUT2D eigenvalue weighted by Gasteiger charge is 2.27. The first-order chi connectivity index (χ1) is 13.9. The summed E-state index contributed by atoms with van der Waals surface area (Å²) in [5, 5.41) is 0.704. The number of carbonyl (C=O) groups is 1. The Kier molecular flexibility index (Phi) is 5.17. The number of aryl methyl sites for hydroxylation is 1. The minimum Gasteiger partial charge on any atom is -0.465 e. The van der Waals surface area contributed by atoms with E-state index >= 15 is 0 Å². The quantitative estimate of drug-likeness (QED) is 0.593. The van der Waals surface area contributed by atoms with Crippen molar-refractivity contribution in [2.24, 2.45) is 0 Å². The molecule has 1 saturated carbocycles. The Morgan fingerprint density at radius 2 is 1.83 bits per heavy atom. The van der Waals surface area contributed by atoms with Crippen LogP contribution in [0.5, 0.6) is 0 Å². The number of benzene rings is 1. The first-order valence-corrected chi connectivity index (χ1v) is 11.3. The van der Waals surface area contributed by atoms with E-state index in [1.165, 1.54) is 23.7 Å². The Labute approximate surface area is 170 Å². The molecule has 152 valence electrons. The number of fused-ring (bicyclic) bond motifs is 1. The fourth-order valence-electron chi connectivity index (χ4n) is 4.08. The number of aromatic nitrogens is 2. The van der Waals surface area contributed by atoms with Crippen molar-refractivity contribution in [3.63, 3.8) is 0 Å². The van der Waals surface area contributed by atoms with Gasteiger partial charge in [0.1, 0.15) is 0 Å². The fraction of sp³-hybridized carbons (Fsp3) is 0.364. The second-order valence-electron chi connectivity index (χ2n) is 7.62. The normalized spacial score (nSPS) is 15.5. The number of rotatable bonds is 4. The molecule has 0 amide bonds. The summed E-state index contributed by atoms with van der Waals surface area (Å²) in [4.78, 5) is 16.6. The van der Waals surface area contributed by atoms with Crippen molar-refractivity contribution in [1.82, 2.24) is 8.96 Å². The van der Waals surface area contributed by atoms with Crippen LogP contribution in [0.1, 0.15) is 59.5 Å².